The van der Waals surface area contributed by atoms with Crippen molar-refractivity contribution in [3.8, 4) is 5.75 Å². The Morgan fingerprint density at radius 1 is 1.40 bits per heavy atom. The summed E-state index contributed by atoms with van der Waals surface area (Å²) in [5, 5.41) is 7.24. The van der Waals surface area contributed by atoms with E-state index in [-0.39, 0.29) is 11.6 Å². The number of hydrogen-bond acceptors (Lipinski definition) is 4. The number of nitrogen functional groups attached to an aromatic ring is 1. The average Bonchev–Trinajstić information content (AvgIpc) is 2.46. The Kier molecular flexibility index (Phi) is 5.31. The van der Waals surface area contributed by atoms with Gasteiger partial charge in [-0.3, -0.25) is 10.3 Å². The Balaban J connectivity index is 1.74. The minimum Gasteiger partial charge on any atom is -0.490 e. The van der Waals surface area contributed by atoms with Crippen LogP contribution in [-0.2, 0) is 4.74 Å². The zero-order chi connectivity index (χ0) is 14.4. The van der Waals surface area contributed by atoms with E-state index >= 15 is 0 Å². The Labute approximate surface area is 118 Å². The van der Waals surface area contributed by atoms with E-state index in [1.165, 1.54) is 12.1 Å². The Bertz CT molecular complexity index is 462. The van der Waals surface area contributed by atoms with E-state index in [1.807, 2.05) is 0 Å². The summed E-state index contributed by atoms with van der Waals surface area (Å²) in [5.74, 6) is -0.427. The first-order valence-electron chi connectivity index (χ1n) is 6.73. The third-order valence-corrected chi connectivity index (χ3v) is 3.22. The summed E-state index contributed by atoms with van der Waals surface area (Å²) in [6, 6.07) is 4.32. The van der Waals surface area contributed by atoms with Crippen LogP contribution in [0.2, 0.25) is 0 Å². The molecule has 0 aliphatic carbocycles. The van der Waals surface area contributed by atoms with E-state index in [2.05, 4.69) is 4.90 Å². The normalized spacial score (nSPS) is 16.1. The van der Waals surface area contributed by atoms with Crippen molar-refractivity contribution in [2.24, 2.45) is 5.73 Å². The second-order valence-electron chi connectivity index (χ2n) is 4.71. The molecule has 0 saturated carbocycles. The van der Waals surface area contributed by atoms with Crippen molar-refractivity contribution >= 4 is 5.84 Å². The van der Waals surface area contributed by atoms with Gasteiger partial charge in [0, 0.05) is 25.2 Å². The van der Waals surface area contributed by atoms with Crippen molar-refractivity contribution in [1.29, 1.82) is 5.41 Å². The number of halogens is 1. The minimum absolute atomic E-state index is 0.150. The minimum atomic E-state index is -0.482. The van der Waals surface area contributed by atoms with Crippen molar-refractivity contribution < 1.29 is 13.9 Å². The number of benzene rings is 1. The van der Waals surface area contributed by atoms with Gasteiger partial charge < -0.3 is 15.2 Å². The van der Waals surface area contributed by atoms with Gasteiger partial charge in [0.25, 0.3) is 0 Å². The zero-order valence-electron chi connectivity index (χ0n) is 11.4. The van der Waals surface area contributed by atoms with Gasteiger partial charge >= 0.3 is 0 Å². The fourth-order valence-corrected chi connectivity index (χ4v) is 2.08. The Morgan fingerprint density at radius 3 is 2.80 bits per heavy atom. The van der Waals surface area contributed by atoms with Crippen LogP contribution in [0, 0.1) is 11.2 Å². The van der Waals surface area contributed by atoms with Crippen molar-refractivity contribution in [2.75, 3.05) is 39.5 Å². The lowest BCUT2D eigenvalue weighted by Gasteiger charge is -2.26. The topological polar surface area (TPSA) is 71.6 Å². The molecule has 1 aliphatic rings. The number of amidine groups is 1. The average molecular weight is 281 g/mol. The van der Waals surface area contributed by atoms with Crippen LogP contribution in [0.3, 0.4) is 0 Å². The quantitative estimate of drug-likeness (QED) is 0.467. The molecule has 1 aromatic rings. The van der Waals surface area contributed by atoms with Crippen molar-refractivity contribution in [2.45, 2.75) is 6.42 Å². The van der Waals surface area contributed by atoms with Crippen LogP contribution in [0.5, 0.6) is 5.75 Å². The Morgan fingerprint density at radius 2 is 2.15 bits per heavy atom. The molecule has 0 amide bonds. The van der Waals surface area contributed by atoms with Gasteiger partial charge in [0.2, 0.25) is 0 Å². The highest BCUT2D eigenvalue weighted by Gasteiger charge is 2.10. The van der Waals surface area contributed by atoms with Gasteiger partial charge in [-0.2, -0.15) is 0 Å². The number of morpholine rings is 1. The van der Waals surface area contributed by atoms with Crippen LogP contribution in [0.4, 0.5) is 4.39 Å². The largest absolute Gasteiger partial charge is 0.490 e. The standard InChI is InChI=1S/C14H20FN3O2/c15-12-10-11(14(16)17)2-3-13(12)20-7-1-4-18-5-8-19-9-6-18/h2-3,10H,1,4-9H2,(H3,16,17). The first kappa shape index (κ1) is 14.7. The van der Waals surface area contributed by atoms with E-state index in [4.69, 9.17) is 20.6 Å². The molecule has 0 atom stereocenters. The lowest BCUT2D eigenvalue weighted by Crippen LogP contribution is -2.37. The molecule has 5 nitrogen and oxygen atoms in total. The van der Waals surface area contributed by atoms with Crippen molar-refractivity contribution in [3.05, 3.63) is 29.6 Å². The molecule has 1 saturated heterocycles. The molecule has 0 aromatic heterocycles. The zero-order valence-corrected chi connectivity index (χ0v) is 11.4. The lowest BCUT2D eigenvalue weighted by molar-refractivity contribution is 0.0357. The summed E-state index contributed by atoms with van der Waals surface area (Å²) < 4.78 is 24.4. The lowest BCUT2D eigenvalue weighted by atomic mass is 10.2. The predicted molar refractivity (Wildman–Crippen MR) is 74.8 cm³/mol. The summed E-state index contributed by atoms with van der Waals surface area (Å²) in [4.78, 5) is 2.31. The molecule has 0 unspecified atom stereocenters. The van der Waals surface area contributed by atoms with Crippen LogP contribution in [0.1, 0.15) is 12.0 Å². The molecule has 1 aromatic carbocycles. The fraction of sp³-hybridized carbons (Fsp3) is 0.500. The van der Waals surface area contributed by atoms with E-state index in [1.54, 1.807) is 6.07 Å². The third kappa shape index (κ3) is 4.18. The molecule has 0 spiro atoms. The maximum atomic E-state index is 13.7. The second-order valence-corrected chi connectivity index (χ2v) is 4.71. The van der Waals surface area contributed by atoms with Gasteiger partial charge in [0.15, 0.2) is 11.6 Å². The smallest absolute Gasteiger partial charge is 0.165 e. The van der Waals surface area contributed by atoms with Crippen LogP contribution >= 0.6 is 0 Å². The maximum absolute atomic E-state index is 13.7. The van der Waals surface area contributed by atoms with E-state index in [9.17, 15) is 4.39 Å². The van der Waals surface area contributed by atoms with Crippen molar-refractivity contribution in [3.63, 3.8) is 0 Å². The molecule has 0 radical (unpaired) electrons. The molecule has 3 N–H and O–H groups in total. The second kappa shape index (κ2) is 7.21. The van der Waals surface area contributed by atoms with E-state index < -0.39 is 5.82 Å². The maximum Gasteiger partial charge on any atom is 0.165 e. The fourth-order valence-electron chi connectivity index (χ4n) is 2.08. The monoisotopic (exact) mass is 281 g/mol. The summed E-state index contributed by atoms with van der Waals surface area (Å²) >= 11 is 0. The molecule has 1 aliphatic heterocycles. The van der Waals surface area contributed by atoms with Gasteiger partial charge in [-0.05, 0) is 24.6 Å². The van der Waals surface area contributed by atoms with Crippen LogP contribution in [0.25, 0.3) is 0 Å². The molecule has 2 rings (SSSR count). The van der Waals surface area contributed by atoms with Gasteiger partial charge in [-0.15, -0.1) is 0 Å². The van der Waals surface area contributed by atoms with Gasteiger partial charge in [-0.1, -0.05) is 0 Å². The summed E-state index contributed by atoms with van der Waals surface area (Å²) in [6.07, 6.45) is 0.841. The van der Waals surface area contributed by atoms with E-state index in [0.29, 0.717) is 12.2 Å². The molecular formula is C14H20FN3O2. The third-order valence-electron chi connectivity index (χ3n) is 3.22. The summed E-state index contributed by atoms with van der Waals surface area (Å²) in [6.45, 7) is 4.84. The molecule has 6 heteroatoms. The van der Waals surface area contributed by atoms with Crippen LogP contribution < -0.4 is 10.5 Å². The molecular weight excluding hydrogens is 261 g/mol. The van der Waals surface area contributed by atoms with Gasteiger partial charge in [0.1, 0.15) is 5.84 Å². The highest BCUT2D eigenvalue weighted by atomic mass is 19.1. The van der Waals surface area contributed by atoms with Crippen LogP contribution in [-0.4, -0.2) is 50.2 Å². The summed E-state index contributed by atoms with van der Waals surface area (Å²) in [5.41, 5.74) is 5.66. The first-order valence-corrected chi connectivity index (χ1v) is 6.73. The van der Waals surface area contributed by atoms with Crippen LogP contribution in [0.15, 0.2) is 18.2 Å². The number of hydrogen-bond donors (Lipinski definition) is 2. The number of rotatable bonds is 6. The number of nitrogens with two attached hydrogens (primary N) is 1. The Hall–Kier alpha value is -1.66. The van der Waals surface area contributed by atoms with Crippen molar-refractivity contribution in [1.82, 2.24) is 4.90 Å². The molecule has 0 bridgehead atoms. The van der Waals surface area contributed by atoms with Gasteiger partial charge in [-0.25, -0.2) is 4.39 Å². The molecule has 1 heterocycles. The molecule has 110 valence electrons. The van der Waals surface area contributed by atoms with Gasteiger partial charge in [0.05, 0.1) is 19.8 Å². The SMILES string of the molecule is N=C(N)c1ccc(OCCCN2CCOCC2)c(F)c1. The number of nitrogens with zero attached hydrogens (tertiary/aromatic N) is 1. The highest BCUT2D eigenvalue weighted by molar-refractivity contribution is 5.95. The molecule has 20 heavy (non-hydrogen) atoms. The summed E-state index contributed by atoms with van der Waals surface area (Å²) in [7, 11) is 0. The number of nitrogens with one attached hydrogen (secondary N) is 1. The molecule has 1 fully saturated rings. The van der Waals surface area contributed by atoms with E-state index in [0.717, 1.165) is 39.3 Å². The number of ether oxygens (including phenoxy) is 2. The highest BCUT2D eigenvalue weighted by Crippen LogP contribution is 2.18. The predicted octanol–water partition coefficient (Wildman–Crippen LogP) is 1.21. The first-order chi connectivity index (χ1) is 9.66.